The highest BCUT2D eigenvalue weighted by Crippen LogP contribution is 2.35. The van der Waals surface area contributed by atoms with Crippen LogP contribution < -0.4 is 15.0 Å². The Morgan fingerprint density at radius 1 is 1.07 bits per heavy atom. The molecule has 1 fully saturated rings. The first kappa shape index (κ1) is 20.4. The first-order chi connectivity index (χ1) is 14.4. The molecule has 2 aromatic rings. The van der Waals surface area contributed by atoms with Crippen molar-refractivity contribution in [2.45, 2.75) is 24.3 Å². The van der Waals surface area contributed by atoms with E-state index < -0.39 is 15.9 Å². The number of sulfonamides is 1. The van der Waals surface area contributed by atoms with Crippen LogP contribution in [-0.4, -0.2) is 50.8 Å². The van der Waals surface area contributed by atoms with Gasteiger partial charge in [0.1, 0.15) is 12.3 Å². The summed E-state index contributed by atoms with van der Waals surface area (Å²) in [6.07, 6.45) is 1.67. The molecule has 30 heavy (non-hydrogen) atoms. The molecule has 2 aliphatic rings. The third-order valence-corrected chi connectivity index (χ3v) is 7.11. The van der Waals surface area contributed by atoms with E-state index in [9.17, 15) is 18.0 Å². The second kappa shape index (κ2) is 8.45. The minimum absolute atomic E-state index is 0.0937. The molecular weight excluding hydrogens is 406 g/mol. The summed E-state index contributed by atoms with van der Waals surface area (Å²) in [6.45, 7) is 0.905. The number of nitrogens with zero attached hydrogens (tertiary/aromatic N) is 2. The Morgan fingerprint density at radius 3 is 2.53 bits per heavy atom. The van der Waals surface area contributed by atoms with Crippen LogP contribution in [0.1, 0.15) is 18.4 Å². The second-order valence-electron chi connectivity index (χ2n) is 7.27. The zero-order valence-corrected chi connectivity index (χ0v) is 17.2. The zero-order valence-electron chi connectivity index (χ0n) is 16.4. The molecule has 4 rings (SSSR count). The number of carbonyl (C=O) groups excluding carboxylic acids is 2. The average molecular weight is 429 g/mol. The maximum Gasteiger partial charge on any atom is 0.265 e. The lowest BCUT2D eigenvalue weighted by Crippen LogP contribution is -2.45. The minimum Gasteiger partial charge on any atom is -0.482 e. The summed E-state index contributed by atoms with van der Waals surface area (Å²) in [5.74, 6) is -0.355. The van der Waals surface area contributed by atoms with Crippen molar-refractivity contribution < 1.29 is 22.7 Å². The third kappa shape index (κ3) is 4.17. The van der Waals surface area contributed by atoms with Gasteiger partial charge in [0, 0.05) is 19.6 Å². The molecule has 9 heteroatoms. The van der Waals surface area contributed by atoms with Crippen LogP contribution in [0.3, 0.4) is 0 Å². The largest absolute Gasteiger partial charge is 0.482 e. The zero-order chi connectivity index (χ0) is 21.1. The summed E-state index contributed by atoms with van der Waals surface area (Å²) < 4.78 is 32.7. The number of fused-ring (bicyclic) bond motifs is 1. The molecule has 8 nitrogen and oxygen atoms in total. The maximum absolute atomic E-state index is 12.9. The van der Waals surface area contributed by atoms with E-state index in [0.29, 0.717) is 31.1 Å². The number of anilines is 1. The number of hydrogen-bond acceptors (Lipinski definition) is 5. The van der Waals surface area contributed by atoms with Gasteiger partial charge in [-0.05, 0) is 36.6 Å². The molecule has 158 valence electrons. The molecule has 0 spiro atoms. The molecule has 2 amide bonds. The van der Waals surface area contributed by atoms with Gasteiger partial charge in [0.25, 0.3) is 5.91 Å². The van der Waals surface area contributed by atoms with Gasteiger partial charge < -0.3 is 10.1 Å². The molecular formula is C21H23N3O5S. The van der Waals surface area contributed by atoms with E-state index in [1.807, 2.05) is 30.3 Å². The van der Waals surface area contributed by atoms with Crippen LogP contribution in [0.4, 0.5) is 5.69 Å². The molecule has 0 unspecified atom stereocenters. The van der Waals surface area contributed by atoms with E-state index >= 15 is 0 Å². The molecule has 0 bridgehead atoms. The van der Waals surface area contributed by atoms with Crippen molar-refractivity contribution in [1.29, 1.82) is 0 Å². The van der Waals surface area contributed by atoms with Crippen LogP contribution in [0.2, 0.25) is 0 Å². The highest BCUT2D eigenvalue weighted by Gasteiger charge is 2.32. The van der Waals surface area contributed by atoms with Crippen LogP contribution in [0.25, 0.3) is 0 Å². The van der Waals surface area contributed by atoms with Crippen molar-refractivity contribution in [3.05, 3.63) is 54.1 Å². The number of rotatable bonds is 6. The van der Waals surface area contributed by atoms with Crippen LogP contribution in [0.15, 0.2) is 53.4 Å². The standard InChI is InChI=1S/C21H23N3O5S/c25-20(22-13-16-6-2-1-3-7-16)14-24-18-12-17(8-9-19(18)29-15-21(24)26)30(27,28)23-10-4-5-11-23/h1-3,6-9,12H,4-5,10-11,13-15H2,(H,22,25). The molecule has 1 N–H and O–H groups in total. The van der Waals surface area contributed by atoms with Gasteiger partial charge in [-0.3, -0.25) is 14.5 Å². The smallest absolute Gasteiger partial charge is 0.265 e. The lowest BCUT2D eigenvalue weighted by Gasteiger charge is -2.29. The lowest BCUT2D eigenvalue weighted by molar-refractivity contribution is -0.125. The van der Waals surface area contributed by atoms with Crippen molar-refractivity contribution in [3.63, 3.8) is 0 Å². The molecule has 0 aliphatic carbocycles. The Labute approximate surface area is 175 Å². The quantitative estimate of drug-likeness (QED) is 0.751. The summed E-state index contributed by atoms with van der Waals surface area (Å²) >= 11 is 0. The number of amides is 2. The predicted octanol–water partition coefficient (Wildman–Crippen LogP) is 1.51. The number of carbonyl (C=O) groups is 2. The molecule has 2 heterocycles. The summed E-state index contributed by atoms with van der Waals surface area (Å²) in [5, 5.41) is 2.79. The van der Waals surface area contributed by atoms with Gasteiger partial charge in [0.15, 0.2) is 6.61 Å². The van der Waals surface area contributed by atoms with Crippen molar-refractivity contribution >= 4 is 27.5 Å². The lowest BCUT2D eigenvalue weighted by atomic mass is 10.2. The monoisotopic (exact) mass is 429 g/mol. The Balaban J connectivity index is 1.53. The highest BCUT2D eigenvalue weighted by molar-refractivity contribution is 7.89. The number of ether oxygens (including phenoxy) is 1. The van der Waals surface area contributed by atoms with Crippen molar-refractivity contribution in [1.82, 2.24) is 9.62 Å². The Bertz CT molecular complexity index is 1050. The summed E-state index contributed by atoms with van der Waals surface area (Å²) in [6, 6.07) is 13.9. The van der Waals surface area contributed by atoms with Gasteiger partial charge in [0.05, 0.1) is 10.6 Å². The summed E-state index contributed by atoms with van der Waals surface area (Å²) in [4.78, 5) is 26.3. The SMILES string of the molecule is O=C(CN1C(=O)COc2ccc(S(=O)(=O)N3CCCC3)cc21)NCc1ccccc1. The van der Waals surface area contributed by atoms with Crippen LogP contribution >= 0.6 is 0 Å². The van der Waals surface area contributed by atoms with Gasteiger partial charge in [0.2, 0.25) is 15.9 Å². The van der Waals surface area contributed by atoms with Crippen molar-refractivity contribution in [2.24, 2.45) is 0 Å². The fourth-order valence-electron chi connectivity index (χ4n) is 3.59. The maximum atomic E-state index is 12.9. The minimum atomic E-state index is -3.65. The summed E-state index contributed by atoms with van der Waals surface area (Å²) in [5.41, 5.74) is 1.24. The van der Waals surface area contributed by atoms with E-state index in [4.69, 9.17) is 4.74 Å². The fourth-order valence-corrected chi connectivity index (χ4v) is 5.13. The molecule has 1 saturated heterocycles. The highest BCUT2D eigenvalue weighted by atomic mass is 32.2. The molecule has 0 aromatic heterocycles. The molecule has 0 saturated carbocycles. The molecule has 0 atom stereocenters. The second-order valence-corrected chi connectivity index (χ2v) is 9.21. The van der Waals surface area contributed by atoms with Gasteiger partial charge in [-0.15, -0.1) is 0 Å². The van der Waals surface area contributed by atoms with E-state index in [1.54, 1.807) is 6.07 Å². The van der Waals surface area contributed by atoms with E-state index in [0.717, 1.165) is 18.4 Å². The van der Waals surface area contributed by atoms with E-state index in [-0.39, 0.29) is 24.0 Å². The fraction of sp³-hybridized carbons (Fsp3) is 0.333. The van der Waals surface area contributed by atoms with Crippen LogP contribution in [-0.2, 0) is 26.2 Å². The first-order valence-electron chi connectivity index (χ1n) is 9.83. The Morgan fingerprint density at radius 2 is 1.80 bits per heavy atom. The number of hydrogen-bond donors (Lipinski definition) is 1. The van der Waals surface area contributed by atoms with Crippen LogP contribution in [0, 0.1) is 0 Å². The Hall–Kier alpha value is -2.91. The van der Waals surface area contributed by atoms with Gasteiger partial charge in [-0.1, -0.05) is 30.3 Å². The first-order valence-corrected chi connectivity index (χ1v) is 11.3. The topological polar surface area (TPSA) is 96.0 Å². The summed E-state index contributed by atoms with van der Waals surface area (Å²) in [7, 11) is -3.65. The Kier molecular flexibility index (Phi) is 5.74. The molecule has 0 radical (unpaired) electrons. The normalized spacial score (nSPS) is 16.8. The van der Waals surface area contributed by atoms with Gasteiger partial charge >= 0.3 is 0 Å². The molecule has 2 aliphatic heterocycles. The van der Waals surface area contributed by atoms with E-state index in [1.165, 1.54) is 21.3 Å². The number of benzene rings is 2. The molecule has 2 aromatic carbocycles. The van der Waals surface area contributed by atoms with Crippen molar-refractivity contribution in [2.75, 3.05) is 31.1 Å². The van der Waals surface area contributed by atoms with Crippen LogP contribution in [0.5, 0.6) is 5.75 Å². The number of nitrogens with one attached hydrogen (secondary N) is 1. The average Bonchev–Trinajstić information content (AvgIpc) is 3.30. The van der Waals surface area contributed by atoms with Gasteiger partial charge in [-0.2, -0.15) is 4.31 Å². The van der Waals surface area contributed by atoms with Crippen molar-refractivity contribution in [3.8, 4) is 5.75 Å². The third-order valence-electron chi connectivity index (χ3n) is 5.21. The van der Waals surface area contributed by atoms with Gasteiger partial charge in [-0.25, -0.2) is 8.42 Å². The van der Waals surface area contributed by atoms with E-state index in [2.05, 4.69) is 5.32 Å². The predicted molar refractivity (Wildman–Crippen MR) is 111 cm³/mol.